The number of rotatable bonds is 8. The van der Waals surface area contributed by atoms with Crippen LogP contribution in [0.2, 0.25) is 0 Å². The lowest BCUT2D eigenvalue weighted by Gasteiger charge is -2.24. The summed E-state index contributed by atoms with van der Waals surface area (Å²) in [6, 6.07) is 13.6. The Morgan fingerprint density at radius 1 is 0.917 bits per heavy atom. The third-order valence-electron chi connectivity index (χ3n) is 3.95. The minimum absolute atomic E-state index is 0.0622. The maximum Gasteiger partial charge on any atom is 0.276 e. The fourth-order valence-electron chi connectivity index (χ4n) is 2.80. The Balaban J connectivity index is 2.18. The van der Waals surface area contributed by atoms with Crippen molar-refractivity contribution in [3.8, 4) is 0 Å². The first kappa shape index (κ1) is 18.0. The molecular formula is C20H27N3O. The van der Waals surface area contributed by atoms with Crippen LogP contribution in [0.3, 0.4) is 0 Å². The quantitative estimate of drug-likeness (QED) is 0.723. The van der Waals surface area contributed by atoms with E-state index in [9.17, 15) is 4.79 Å². The molecule has 0 fully saturated rings. The Bertz CT molecular complexity index is 619. The van der Waals surface area contributed by atoms with Crippen LogP contribution in [-0.4, -0.2) is 30.5 Å². The first-order valence-corrected chi connectivity index (χ1v) is 8.79. The van der Waals surface area contributed by atoms with Gasteiger partial charge in [0.25, 0.3) is 5.91 Å². The van der Waals surface area contributed by atoms with Crippen LogP contribution in [-0.2, 0) is 0 Å². The SMILES string of the molecule is CCCN(CCC)c1ccc(C(=O)N(CC)c2ccccc2)nc1. The van der Waals surface area contributed by atoms with Crippen LogP contribution in [0.4, 0.5) is 11.4 Å². The number of pyridine rings is 1. The fraction of sp³-hybridized carbons (Fsp3) is 0.400. The first-order chi connectivity index (χ1) is 11.7. The van der Waals surface area contributed by atoms with Gasteiger partial charge in [-0.2, -0.15) is 0 Å². The average molecular weight is 325 g/mol. The summed E-state index contributed by atoms with van der Waals surface area (Å²) in [5.41, 5.74) is 2.46. The zero-order valence-electron chi connectivity index (χ0n) is 14.9. The zero-order valence-corrected chi connectivity index (χ0v) is 14.9. The molecule has 0 unspecified atom stereocenters. The molecule has 0 atom stereocenters. The third kappa shape index (κ3) is 4.34. The summed E-state index contributed by atoms with van der Waals surface area (Å²) in [6.45, 7) is 8.95. The molecule has 1 heterocycles. The van der Waals surface area contributed by atoms with E-state index in [1.165, 1.54) is 0 Å². The first-order valence-electron chi connectivity index (χ1n) is 8.79. The van der Waals surface area contributed by atoms with Crippen LogP contribution in [0, 0.1) is 0 Å². The van der Waals surface area contributed by atoms with Crippen LogP contribution < -0.4 is 9.80 Å². The molecule has 0 aliphatic heterocycles. The lowest BCUT2D eigenvalue weighted by atomic mass is 10.2. The maximum absolute atomic E-state index is 12.8. The van der Waals surface area contributed by atoms with E-state index in [4.69, 9.17) is 0 Å². The van der Waals surface area contributed by atoms with Crippen molar-refractivity contribution < 1.29 is 4.79 Å². The normalized spacial score (nSPS) is 10.5. The second kappa shape index (κ2) is 9.06. The van der Waals surface area contributed by atoms with Crippen molar-refractivity contribution in [1.29, 1.82) is 0 Å². The fourth-order valence-corrected chi connectivity index (χ4v) is 2.80. The number of benzene rings is 1. The summed E-state index contributed by atoms with van der Waals surface area (Å²) in [5, 5.41) is 0. The highest BCUT2D eigenvalue weighted by atomic mass is 16.2. The number of amides is 1. The lowest BCUT2D eigenvalue weighted by Crippen LogP contribution is -2.31. The highest BCUT2D eigenvalue weighted by Gasteiger charge is 2.17. The molecule has 0 aliphatic rings. The third-order valence-corrected chi connectivity index (χ3v) is 3.95. The van der Waals surface area contributed by atoms with Gasteiger partial charge in [0.1, 0.15) is 5.69 Å². The zero-order chi connectivity index (χ0) is 17.4. The molecule has 1 amide bonds. The van der Waals surface area contributed by atoms with Gasteiger partial charge in [-0.15, -0.1) is 0 Å². The predicted molar refractivity (Wildman–Crippen MR) is 101 cm³/mol. The molecule has 0 spiro atoms. The Kier molecular flexibility index (Phi) is 6.79. The number of aromatic nitrogens is 1. The molecule has 2 aromatic rings. The Hall–Kier alpha value is -2.36. The predicted octanol–water partition coefficient (Wildman–Crippen LogP) is 4.37. The van der Waals surface area contributed by atoms with Crippen molar-refractivity contribution in [2.75, 3.05) is 29.4 Å². The number of carbonyl (C=O) groups is 1. The van der Waals surface area contributed by atoms with Crippen molar-refractivity contribution in [2.45, 2.75) is 33.6 Å². The van der Waals surface area contributed by atoms with E-state index in [2.05, 4.69) is 23.7 Å². The summed E-state index contributed by atoms with van der Waals surface area (Å²) in [6.07, 6.45) is 4.01. The molecule has 4 heteroatoms. The van der Waals surface area contributed by atoms with E-state index >= 15 is 0 Å². The topological polar surface area (TPSA) is 36.4 Å². The smallest absolute Gasteiger partial charge is 0.276 e. The van der Waals surface area contributed by atoms with E-state index in [1.54, 1.807) is 4.90 Å². The highest BCUT2D eigenvalue weighted by molar-refractivity contribution is 6.04. The molecule has 1 aromatic heterocycles. The van der Waals surface area contributed by atoms with Gasteiger partial charge >= 0.3 is 0 Å². The summed E-state index contributed by atoms with van der Waals surface area (Å²) >= 11 is 0. The number of anilines is 2. The van der Waals surface area contributed by atoms with Crippen LogP contribution in [0.15, 0.2) is 48.7 Å². The molecule has 2 rings (SSSR count). The lowest BCUT2D eigenvalue weighted by molar-refractivity contribution is 0.0983. The summed E-state index contributed by atoms with van der Waals surface area (Å²) < 4.78 is 0. The van der Waals surface area contributed by atoms with Crippen molar-refractivity contribution in [2.24, 2.45) is 0 Å². The van der Waals surface area contributed by atoms with Crippen LogP contribution in [0.25, 0.3) is 0 Å². The molecule has 0 saturated heterocycles. The molecule has 0 radical (unpaired) electrons. The second-order valence-electron chi connectivity index (χ2n) is 5.77. The minimum Gasteiger partial charge on any atom is -0.370 e. The molecule has 1 aromatic carbocycles. The van der Waals surface area contributed by atoms with E-state index in [1.807, 2.05) is 55.6 Å². The molecule has 0 saturated carbocycles. The average Bonchev–Trinajstić information content (AvgIpc) is 2.63. The van der Waals surface area contributed by atoms with Gasteiger partial charge in [0.05, 0.1) is 11.9 Å². The maximum atomic E-state index is 12.8. The van der Waals surface area contributed by atoms with Crippen molar-refractivity contribution in [3.05, 3.63) is 54.4 Å². The Morgan fingerprint density at radius 3 is 2.08 bits per heavy atom. The molecule has 128 valence electrons. The molecular weight excluding hydrogens is 298 g/mol. The van der Waals surface area contributed by atoms with E-state index in [0.717, 1.165) is 37.3 Å². The summed E-state index contributed by atoms with van der Waals surface area (Å²) in [5.74, 6) is -0.0622. The monoisotopic (exact) mass is 325 g/mol. The van der Waals surface area contributed by atoms with Crippen molar-refractivity contribution >= 4 is 17.3 Å². The van der Waals surface area contributed by atoms with Crippen LogP contribution in [0.1, 0.15) is 44.1 Å². The van der Waals surface area contributed by atoms with Gasteiger partial charge in [0.15, 0.2) is 0 Å². The molecule has 4 nitrogen and oxygen atoms in total. The van der Waals surface area contributed by atoms with E-state index < -0.39 is 0 Å². The summed E-state index contributed by atoms with van der Waals surface area (Å²) in [7, 11) is 0. The van der Waals surface area contributed by atoms with Gasteiger partial charge < -0.3 is 9.80 Å². The molecule has 0 aliphatic carbocycles. The number of carbonyl (C=O) groups excluding carboxylic acids is 1. The van der Waals surface area contributed by atoms with Gasteiger partial charge in [-0.3, -0.25) is 4.79 Å². The summed E-state index contributed by atoms with van der Waals surface area (Å²) in [4.78, 5) is 21.2. The standard InChI is InChI=1S/C20H27N3O/c1-4-14-22(15-5-2)18-12-13-19(21-16-18)20(24)23(6-3)17-10-8-7-9-11-17/h7-13,16H,4-6,14-15H2,1-3H3. The largest absolute Gasteiger partial charge is 0.370 e. The number of para-hydroxylation sites is 1. The van der Waals surface area contributed by atoms with Crippen LogP contribution >= 0.6 is 0 Å². The van der Waals surface area contributed by atoms with Crippen molar-refractivity contribution in [1.82, 2.24) is 4.98 Å². The minimum atomic E-state index is -0.0622. The highest BCUT2D eigenvalue weighted by Crippen LogP contribution is 2.18. The number of hydrogen-bond donors (Lipinski definition) is 0. The van der Waals surface area contributed by atoms with Crippen LogP contribution in [0.5, 0.6) is 0 Å². The van der Waals surface area contributed by atoms with E-state index in [-0.39, 0.29) is 5.91 Å². The van der Waals surface area contributed by atoms with E-state index in [0.29, 0.717) is 12.2 Å². The van der Waals surface area contributed by atoms with Gasteiger partial charge in [0, 0.05) is 25.3 Å². The molecule has 24 heavy (non-hydrogen) atoms. The Labute approximate surface area is 145 Å². The molecule has 0 bridgehead atoms. The second-order valence-corrected chi connectivity index (χ2v) is 5.77. The van der Waals surface area contributed by atoms with Gasteiger partial charge in [-0.1, -0.05) is 32.0 Å². The number of hydrogen-bond acceptors (Lipinski definition) is 3. The van der Waals surface area contributed by atoms with Gasteiger partial charge in [-0.25, -0.2) is 4.98 Å². The number of nitrogens with zero attached hydrogens (tertiary/aromatic N) is 3. The van der Waals surface area contributed by atoms with Crippen molar-refractivity contribution in [3.63, 3.8) is 0 Å². The van der Waals surface area contributed by atoms with Gasteiger partial charge in [0.2, 0.25) is 0 Å². The van der Waals surface area contributed by atoms with Gasteiger partial charge in [-0.05, 0) is 44.0 Å². The Morgan fingerprint density at radius 2 is 1.58 bits per heavy atom. The molecule has 0 N–H and O–H groups in total.